The molecule has 0 unspecified atom stereocenters. The normalized spacial score (nSPS) is 10.8. The molecule has 0 fully saturated rings. The summed E-state index contributed by atoms with van der Waals surface area (Å²) >= 11 is 0. The summed E-state index contributed by atoms with van der Waals surface area (Å²) in [6.07, 6.45) is 1.35. The van der Waals surface area contributed by atoms with Gasteiger partial charge in [0.2, 0.25) is 0 Å². The molecule has 19 heavy (non-hydrogen) atoms. The molecule has 0 aliphatic carbocycles. The summed E-state index contributed by atoms with van der Waals surface area (Å²) in [5.74, 6) is -0.306. The predicted octanol–water partition coefficient (Wildman–Crippen LogP) is 1.26. The van der Waals surface area contributed by atoms with E-state index >= 15 is 0 Å². The van der Waals surface area contributed by atoms with Gasteiger partial charge in [0.25, 0.3) is 11.6 Å². The zero-order valence-electron chi connectivity index (χ0n) is 11.4. The van der Waals surface area contributed by atoms with Crippen molar-refractivity contribution in [2.45, 2.75) is 33.4 Å². The molecule has 1 aromatic heterocycles. The summed E-state index contributed by atoms with van der Waals surface area (Å²) in [5.41, 5.74) is 0.175. The molecule has 1 aromatic rings. The minimum atomic E-state index is -0.519. The van der Waals surface area contributed by atoms with Crippen molar-refractivity contribution in [3.05, 3.63) is 28.1 Å². The first-order valence-corrected chi connectivity index (χ1v) is 6.18. The molecule has 0 saturated carbocycles. The highest BCUT2D eigenvalue weighted by Gasteiger charge is 2.24. The lowest BCUT2D eigenvalue weighted by molar-refractivity contribution is -0.384. The molecular formula is C12H19N3O4. The van der Waals surface area contributed by atoms with Gasteiger partial charge in [-0.15, -0.1) is 0 Å². The maximum Gasteiger partial charge on any atom is 0.287 e. The molecule has 0 spiro atoms. The fourth-order valence-electron chi connectivity index (χ4n) is 1.88. The Kier molecular flexibility index (Phi) is 5.05. The van der Waals surface area contributed by atoms with Gasteiger partial charge in [0.15, 0.2) is 0 Å². The number of rotatable bonds is 6. The van der Waals surface area contributed by atoms with Gasteiger partial charge in [-0.2, -0.15) is 0 Å². The standard InChI is InChI=1S/C12H19N3O4/c1-4-13-8-10(15(18)19)7-11(13)12(17)14(5-6-16)9(2)3/h7-9,16H,4-6H2,1-3H3. The molecule has 0 atom stereocenters. The molecule has 0 bridgehead atoms. The number of aliphatic hydroxyl groups is 1. The van der Waals surface area contributed by atoms with E-state index in [1.165, 1.54) is 17.2 Å². The lowest BCUT2D eigenvalue weighted by atomic mass is 10.2. The van der Waals surface area contributed by atoms with Gasteiger partial charge in [-0.25, -0.2) is 0 Å². The molecule has 106 valence electrons. The van der Waals surface area contributed by atoms with Crippen LogP contribution in [0.25, 0.3) is 0 Å². The first kappa shape index (κ1) is 15.2. The number of nitro groups is 1. The minimum absolute atomic E-state index is 0.0843. The van der Waals surface area contributed by atoms with Gasteiger partial charge in [-0.3, -0.25) is 14.9 Å². The molecule has 1 heterocycles. The molecular weight excluding hydrogens is 250 g/mol. The number of hydrogen-bond acceptors (Lipinski definition) is 4. The summed E-state index contributed by atoms with van der Waals surface area (Å²) in [7, 11) is 0. The molecule has 0 radical (unpaired) electrons. The van der Waals surface area contributed by atoms with Crippen LogP contribution >= 0.6 is 0 Å². The van der Waals surface area contributed by atoms with Crippen LogP contribution in [-0.4, -0.2) is 44.6 Å². The van der Waals surface area contributed by atoms with Gasteiger partial charge in [0, 0.05) is 25.2 Å². The van der Waals surface area contributed by atoms with E-state index in [2.05, 4.69) is 0 Å². The van der Waals surface area contributed by atoms with E-state index < -0.39 is 4.92 Å². The van der Waals surface area contributed by atoms with Crippen LogP contribution in [0.15, 0.2) is 12.3 Å². The van der Waals surface area contributed by atoms with Gasteiger partial charge in [0.1, 0.15) is 5.69 Å². The van der Waals surface area contributed by atoms with Crippen molar-refractivity contribution < 1.29 is 14.8 Å². The fourth-order valence-corrected chi connectivity index (χ4v) is 1.88. The van der Waals surface area contributed by atoms with E-state index in [1.54, 1.807) is 4.57 Å². The summed E-state index contributed by atoms with van der Waals surface area (Å²) in [6, 6.07) is 1.19. The highest BCUT2D eigenvalue weighted by Crippen LogP contribution is 2.19. The molecule has 0 aromatic carbocycles. The largest absolute Gasteiger partial charge is 0.395 e. The smallest absolute Gasteiger partial charge is 0.287 e. The average molecular weight is 269 g/mol. The number of amides is 1. The number of carbonyl (C=O) groups excluding carboxylic acids is 1. The van der Waals surface area contributed by atoms with Crippen LogP contribution in [0.3, 0.4) is 0 Å². The Morgan fingerprint density at radius 1 is 1.58 bits per heavy atom. The molecule has 1 rings (SSSR count). The van der Waals surface area contributed by atoms with E-state index in [0.717, 1.165) is 0 Å². The highest BCUT2D eigenvalue weighted by atomic mass is 16.6. The van der Waals surface area contributed by atoms with Crippen LogP contribution in [0.5, 0.6) is 0 Å². The third-order valence-electron chi connectivity index (χ3n) is 2.88. The lowest BCUT2D eigenvalue weighted by Crippen LogP contribution is -2.39. The van der Waals surface area contributed by atoms with Crippen molar-refractivity contribution >= 4 is 11.6 Å². The van der Waals surface area contributed by atoms with Gasteiger partial charge < -0.3 is 14.6 Å². The van der Waals surface area contributed by atoms with Gasteiger partial charge >= 0.3 is 0 Å². The van der Waals surface area contributed by atoms with Crippen LogP contribution in [-0.2, 0) is 6.54 Å². The van der Waals surface area contributed by atoms with Gasteiger partial charge in [0.05, 0.1) is 17.7 Å². The average Bonchev–Trinajstić information content (AvgIpc) is 2.78. The molecule has 1 amide bonds. The third kappa shape index (κ3) is 3.31. The Bertz CT molecular complexity index is 468. The molecule has 7 nitrogen and oxygen atoms in total. The van der Waals surface area contributed by atoms with Crippen LogP contribution in [0, 0.1) is 10.1 Å². The molecule has 1 N–H and O–H groups in total. The SMILES string of the molecule is CCn1cc([N+](=O)[O-])cc1C(=O)N(CCO)C(C)C. The first-order chi connectivity index (χ1) is 8.92. The number of aromatic nitrogens is 1. The summed E-state index contributed by atoms with van der Waals surface area (Å²) in [4.78, 5) is 24.1. The second-order valence-corrected chi connectivity index (χ2v) is 4.44. The van der Waals surface area contributed by atoms with Crippen molar-refractivity contribution in [1.82, 2.24) is 9.47 Å². The van der Waals surface area contributed by atoms with Crippen LogP contribution in [0.4, 0.5) is 5.69 Å². The molecule has 0 saturated heterocycles. The maximum atomic E-state index is 12.4. The van der Waals surface area contributed by atoms with Crippen LogP contribution in [0.2, 0.25) is 0 Å². The van der Waals surface area contributed by atoms with Crippen molar-refractivity contribution in [3.63, 3.8) is 0 Å². The Morgan fingerprint density at radius 3 is 2.63 bits per heavy atom. The van der Waals surface area contributed by atoms with Crippen molar-refractivity contribution in [2.24, 2.45) is 0 Å². The maximum absolute atomic E-state index is 12.4. The zero-order chi connectivity index (χ0) is 14.6. The quantitative estimate of drug-likeness (QED) is 0.622. The Labute approximate surface area is 111 Å². The van der Waals surface area contributed by atoms with Crippen molar-refractivity contribution in [1.29, 1.82) is 0 Å². The number of carbonyl (C=O) groups is 1. The van der Waals surface area contributed by atoms with Gasteiger partial charge in [-0.1, -0.05) is 0 Å². The molecule has 0 aliphatic rings. The zero-order valence-corrected chi connectivity index (χ0v) is 11.4. The summed E-state index contributed by atoms with van der Waals surface area (Å²) < 4.78 is 1.55. The number of nitrogens with zero attached hydrogens (tertiary/aromatic N) is 3. The van der Waals surface area contributed by atoms with E-state index in [-0.39, 0.29) is 36.5 Å². The Hall–Kier alpha value is -1.89. The topological polar surface area (TPSA) is 88.6 Å². The van der Waals surface area contributed by atoms with Crippen LogP contribution < -0.4 is 0 Å². The Morgan fingerprint density at radius 2 is 2.21 bits per heavy atom. The molecule has 7 heteroatoms. The van der Waals surface area contributed by atoms with E-state index in [9.17, 15) is 14.9 Å². The first-order valence-electron chi connectivity index (χ1n) is 6.18. The molecule has 0 aliphatic heterocycles. The lowest BCUT2D eigenvalue weighted by Gasteiger charge is -2.26. The summed E-state index contributed by atoms with van der Waals surface area (Å²) in [6.45, 7) is 6.02. The number of aryl methyl sites for hydroxylation is 1. The van der Waals surface area contributed by atoms with Crippen LogP contribution in [0.1, 0.15) is 31.3 Å². The van der Waals surface area contributed by atoms with E-state index in [0.29, 0.717) is 6.54 Å². The predicted molar refractivity (Wildman–Crippen MR) is 70.0 cm³/mol. The van der Waals surface area contributed by atoms with Crippen molar-refractivity contribution in [3.8, 4) is 0 Å². The second-order valence-electron chi connectivity index (χ2n) is 4.44. The fraction of sp³-hybridized carbons (Fsp3) is 0.583. The van der Waals surface area contributed by atoms with Crippen molar-refractivity contribution in [2.75, 3.05) is 13.2 Å². The third-order valence-corrected chi connectivity index (χ3v) is 2.88. The minimum Gasteiger partial charge on any atom is -0.395 e. The second kappa shape index (κ2) is 6.33. The number of hydrogen-bond donors (Lipinski definition) is 1. The van der Waals surface area contributed by atoms with E-state index in [4.69, 9.17) is 5.11 Å². The Balaban J connectivity index is 3.12. The van der Waals surface area contributed by atoms with Gasteiger partial charge in [-0.05, 0) is 20.8 Å². The number of aliphatic hydroxyl groups excluding tert-OH is 1. The highest BCUT2D eigenvalue weighted by molar-refractivity contribution is 5.93. The van der Waals surface area contributed by atoms with E-state index in [1.807, 2.05) is 20.8 Å². The summed E-state index contributed by atoms with van der Waals surface area (Å²) in [5, 5.41) is 19.8. The monoisotopic (exact) mass is 269 g/mol.